The molecule has 0 aliphatic carbocycles. The van der Waals surface area contributed by atoms with Gasteiger partial charge in [0, 0.05) is 5.54 Å². The molecule has 0 rings (SSSR count). The molecule has 0 aromatic rings. The molecule has 134 valence electrons. The van der Waals surface area contributed by atoms with E-state index in [4.69, 9.17) is 4.74 Å². The van der Waals surface area contributed by atoms with Gasteiger partial charge in [-0.3, -0.25) is 9.59 Å². The van der Waals surface area contributed by atoms with E-state index in [-0.39, 0.29) is 36.4 Å². The fourth-order valence-corrected chi connectivity index (χ4v) is 2.15. The quantitative estimate of drug-likeness (QED) is 0.504. The molecule has 0 aliphatic heterocycles. The van der Waals surface area contributed by atoms with Crippen LogP contribution in [-0.2, 0) is 19.1 Å². The predicted molar refractivity (Wildman–Crippen MR) is 87.9 cm³/mol. The van der Waals surface area contributed by atoms with Crippen molar-refractivity contribution in [3.8, 4) is 0 Å². The summed E-state index contributed by atoms with van der Waals surface area (Å²) in [6, 6.07) is -0.649. The van der Waals surface area contributed by atoms with Crippen molar-refractivity contribution in [2.45, 2.75) is 52.6 Å². The fraction of sp³-hybridized carbons (Fsp3) is 0.812. The van der Waals surface area contributed by atoms with E-state index in [1.165, 1.54) is 7.11 Å². The zero-order chi connectivity index (χ0) is 18.2. The van der Waals surface area contributed by atoms with Crippen molar-refractivity contribution in [1.29, 1.82) is 0 Å². The number of carbonyl (C=O) groups excluding carboxylic acids is 3. The average molecular weight is 330 g/mol. The van der Waals surface area contributed by atoms with Gasteiger partial charge in [-0.15, -0.1) is 0 Å². The number of nitrogens with one attached hydrogen (secondary N) is 3. The first-order chi connectivity index (χ1) is 10.4. The number of amides is 2. The molecule has 0 saturated heterocycles. The van der Waals surface area contributed by atoms with Gasteiger partial charge in [0.15, 0.2) is 13.1 Å². The molecule has 0 aliphatic rings. The Morgan fingerprint density at radius 1 is 1.09 bits per heavy atom. The number of ether oxygens (including phenoxy) is 1. The van der Waals surface area contributed by atoms with Crippen LogP contribution >= 0.6 is 0 Å². The highest BCUT2D eigenvalue weighted by Crippen LogP contribution is 2.05. The fourth-order valence-electron chi connectivity index (χ4n) is 2.15. The van der Waals surface area contributed by atoms with Crippen LogP contribution in [0.4, 0.5) is 0 Å². The Balaban J connectivity index is 4.44. The van der Waals surface area contributed by atoms with E-state index < -0.39 is 12.0 Å². The summed E-state index contributed by atoms with van der Waals surface area (Å²) in [6.07, 6.45) is 0.516. The standard InChI is InChI=1S/C16H31N3O4/c1-11(2)8-12(15(22)23-7)17-13(20)9-19(6)10-14(21)18-16(3,4)5/h11-12H,8-10H2,1-7H3,(H,17,20)(H,18,21)/p+1/t12-/m0/s1. The summed E-state index contributed by atoms with van der Waals surface area (Å²) in [4.78, 5) is 36.3. The molecule has 1 unspecified atom stereocenters. The molecule has 7 heteroatoms. The zero-order valence-electron chi connectivity index (χ0n) is 15.4. The molecule has 0 heterocycles. The van der Waals surface area contributed by atoms with Crippen molar-refractivity contribution in [2.24, 2.45) is 5.92 Å². The Morgan fingerprint density at radius 2 is 1.61 bits per heavy atom. The number of hydrogen-bond donors (Lipinski definition) is 3. The van der Waals surface area contributed by atoms with Gasteiger partial charge in [-0.05, 0) is 33.1 Å². The van der Waals surface area contributed by atoms with Crippen LogP contribution < -0.4 is 15.5 Å². The Morgan fingerprint density at radius 3 is 2.04 bits per heavy atom. The lowest BCUT2D eigenvalue weighted by Gasteiger charge is -2.22. The largest absolute Gasteiger partial charge is 0.467 e. The zero-order valence-corrected chi connectivity index (χ0v) is 15.4. The third-order valence-electron chi connectivity index (χ3n) is 2.97. The van der Waals surface area contributed by atoms with Crippen molar-refractivity contribution in [3.05, 3.63) is 0 Å². The smallest absolute Gasteiger partial charge is 0.328 e. The number of carbonyl (C=O) groups is 3. The summed E-state index contributed by atoms with van der Waals surface area (Å²) in [7, 11) is 3.06. The number of methoxy groups -OCH3 is 1. The molecule has 0 fully saturated rings. The predicted octanol–water partition coefficient (Wildman–Crippen LogP) is -0.880. The SMILES string of the molecule is COC(=O)[C@H](CC(C)C)NC(=O)C[NH+](C)CC(=O)NC(C)(C)C. The summed E-state index contributed by atoms with van der Waals surface area (Å²) in [5.41, 5.74) is -0.299. The van der Waals surface area contributed by atoms with Crippen LogP contribution in [0.3, 0.4) is 0 Å². The summed E-state index contributed by atoms with van der Waals surface area (Å²) >= 11 is 0. The summed E-state index contributed by atoms with van der Waals surface area (Å²) < 4.78 is 4.71. The second-order valence-electron chi connectivity index (χ2n) is 7.38. The molecule has 7 nitrogen and oxygen atoms in total. The monoisotopic (exact) mass is 330 g/mol. The topological polar surface area (TPSA) is 88.9 Å². The van der Waals surface area contributed by atoms with Crippen molar-refractivity contribution in [1.82, 2.24) is 10.6 Å². The first kappa shape index (κ1) is 21.4. The summed E-state index contributed by atoms with van der Waals surface area (Å²) in [5, 5.41) is 5.54. The molecule has 0 spiro atoms. The van der Waals surface area contributed by atoms with Crippen LogP contribution in [0.2, 0.25) is 0 Å². The minimum Gasteiger partial charge on any atom is -0.467 e. The van der Waals surface area contributed by atoms with Crippen molar-refractivity contribution in [3.63, 3.8) is 0 Å². The highest BCUT2D eigenvalue weighted by atomic mass is 16.5. The molecule has 0 bridgehead atoms. The molecule has 0 aromatic heterocycles. The Labute approximate surface area is 139 Å². The van der Waals surface area contributed by atoms with E-state index in [0.29, 0.717) is 6.42 Å². The maximum Gasteiger partial charge on any atom is 0.328 e. The molecule has 0 radical (unpaired) electrons. The third kappa shape index (κ3) is 10.7. The van der Waals surface area contributed by atoms with Crippen LogP contribution in [0, 0.1) is 5.92 Å². The van der Waals surface area contributed by atoms with E-state index in [2.05, 4.69) is 10.6 Å². The number of rotatable bonds is 8. The summed E-state index contributed by atoms with van der Waals surface area (Å²) in [5.74, 6) is -0.589. The highest BCUT2D eigenvalue weighted by Gasteiger charge is 2.24. The van der Waals surface area contributed by atoms with Gasteiger partial charge in [-0.25, -0.2) is 4.79 Å². The van der Waals surface area contributed by atoms with E-state index in [0.717, 1.165) is 4.90 Å². The van der Waals surface area contributed by atoms with Gasteiger partial charge in [0.1, 0.15) is 6.04 Å². The van der Waals surface area contributed by atoms with Gasteiger partial charge >= 0.3 is 5.97 Å². The van der Waals surface area contributed by atoms with Crippen LogP contribution in [0.15, 0.2) is 0 Å². The van der Waals surface area contributed by atoms with Gasteiger partial charge in [0.05, 0.1) is 14.2 Å². The first-order valence-electron chi connectivity index (χ1n) is 7.94. The Kier molecular flexibility index (Phi) is 8.82. The lowest BCUT2D eigenvalue weighted by atomic mass is 10.0. The maximum absolute atomic E-state index is 12.1. The van der Waals surface area contributed by atoms with E-state index in [1.807, 2.05) is 34.6 Å². The molecular weight excluding hydrogens is 298 g/mol. The second kappa shape index (κ2) is 9.50. The van der Waals surface area contributed by atoms with Gasteiger partial charge in [-0.2, -0.15) is 0 Å². The van der Waals surface area contributed by atoms with Crippen LogP contribution in [0.25, 0.3) is 0 Å². The Hall–Kier alpha value is -1.63. The van der Waals surface area contributed by atoms with E-state index in [9.17, 15) is 14.4 Å². The minimum absolute atomic E-state index is 0.114. The second-order valence-corrected chi connectivity index (χ2v) is 7.38. The molecule has 3 N–H and O–H groups in total. The maximum atomic E-state index is 12.1. The van der Waals surface area contributed by atoms with Crippen molar-refractivity contribution < 1.29 is 24.0 Å². The molecular formula is C16H32N3O4+. The van der Waals surface area contributed by atoms with Crippen LogP contribution in [-0.4, -0.2) is 56.6 Å². The lowest BCUT2D eigenvalue weighted by Crippen LogP contribution is -3.11. The van der Waals surface area contributed by atoms with Crippen LogP contribution in [0.1, 0.15) is 41.0 Å². The normalized spacial score (nSPS) is 14.1. The van der Waals surface area contributed by atoms with Crippen LogP contribution in [0.5, 0.6) is 0 Å². The average Bonchev–Trinajstić information content (AvgIpc) is 2.33. The van der Waals surface area contributed by atoms with Crippen molar-refractivity contribution >= 4 is 17.8 Å². The molecule has 2 atom stereocenters. The molecule has 0 aromatic carbocycles. The van der Waals surface area contributed by atoms with Crippen molar-refractivity contribution in [2.75, 3.05) is 27.2 Å². The van der Waals surface area contributed by atoms with E-state index >= 15 is 0 Å². The summed E-state index contributed by atoms with van der Waals surface area (Å²) in [6.45, 7) is 9.95. The van der Waals surface area contributed by atoms with Gasteiger partial charge < -0.3 is 20.3 Å². The minimum atomic E-state index is -0.649. The molecule has 23 heavy (non-hydrogen) atoms. The number of likely N-dealkylation sites (N-methyl/N-ethyl adjacent to an activating group) is 1. The van der Waals surface area contributed by atoms with E-state index in [1.54, 1.807) is 7.05 Å². The highest BCUT2D eigenvalue weighted by molar-refractivity contribution is 5.85. The number of esters is 1. The van der Waals surface area contributed by atoms with Gasteiger partial charge in [0.2, 0.25) is 0 Å². The molecule has 2 amide bonds. The third-order valence-corrected chi connectivity index (χ3v) is 2.97. The first-order valence-corrected chi connectivity index (χ1v) is 7.94. The van der Waals surface area contributed by atoms with Gasteiger partial charge in [-0.1, -0.05) is 13.8 Å². The molecule has 0 saturated carbocycles. The van der Waals surface area contributed by atoms with Gasteiger partial charge in [0.25, 0.3) is 11.8 Å². The number of hydrogen-bond acceptors (Lipinski definition) is 4. The lowest BCUT2D eigenvalue weighted by molar-refractivity contribution is -0.862. The Bertz CT molecular complexity index is 416. The number of quaternary nitrogens is 1.